The van der Waals surface area contributed by atoms with Crippen molar-refractivity contribution in [2.45, 2.75) is 53.5 Å². The Morgan fingerprint density at radius 1 is 1.00 bits per heavy atom. The van der Waals surface area contributed by atoms with Crippen molar-refractivity contribution in [2.24, 2.45) is 5.41 Å². The Morgan fingerprint density at radius 2 is 1.53 bits per heavy atom. The van der Waals surface area contributed by atoms with E-state index in [0.29, 0.717) is 5.41 Å². The molecule has 3 saturated heterocycles. The molecule has 1 N–H and O–H groups in total. The first-order valence-corrected chi connectivity index (χ1v) is 8.48. The van der Waals surface area contributed by atoms with Crippen molar-refractivity contribution >= 4 is 0 Å². The molecule has 3 aliphatic heterocycles. The van der Waals surface area contributed by atoms with E-state index < -0.39 is 0 Å². The summed E-state index contributed by atoms with van der Waals surface area (Å²) in [6.07, 6.45) is 2.80. The number of hydrogen-bond donors (Lipinski definition) is 1. The van der Waals surface area contributed by atoms with Gasteiger partial charge in [0.25, 0.3) is 0 Å². The summed E-state index contributed by atoms with van der Waals surface area (Å²) in [5.74, 6) is 0. The minimum Gasteiger partial charge on any atom is -0.315 e. The minimum atomic E-state index is 0.710. The lowest BCUT2D eigenvalue weighted by molar-refractivity contribution is -0.0765. The molecular weight excluding hydrogens is 234 g/mol. The average molecular weight is 269 g/mol. The fourth-order valence-electron chi connectivity index (χ4n) is 3.38. The number of hydrogen-bond acceptors (Lipinski definition) is 3. The second-order valence-electron chi connectivity index (χ2n) is 5.67. The fourth-order valence-corrected chi connectivity index (χ4v) is 3.38. The number of piperidine rings is 1. The normalized spacial score (nSPS) is 26.4. The Labute approximate surface area is 120 Å². The summed E-state index contributed by atoms with van der Waals surface area (Å²) in [5, 5.41) is 3.41. The van der Waals surface area contributed by atoms with E-state index in [2.05, 4.69) is 22.0 Å². The van der Waals surface area contributed by atoms with Crippen LogP contribution >= 0.6 is 0 Å². The molecule has 0 aromatic rings. The summed E-state index contributed by atoms with van der Waals surface area (Å²) >= 11 is 0. The maximum atomic E-state index is 3.41. The Kier molecular flexibility index (Phi) is 7.33. The van der Waals surface area contributed by atoms with Crippen LogP contribution in [0.3, 0.4) is 0 Å². The summed E-state index contributed by atoms with van der Waals surface area (Å²) in [4.78, 5) is 5.31. The zero-order valence-corrected chi connectivity index (χ0v) is 13.8. The first-order chi connectivity index (χ1) is 9.31. The molecule has 0 saturated carbocycles. The van der Waals surface area contributed by atoms with Gasteiger partial charge in [0.2, 0.25) is 0 Å². The van der Waals surface area contributed by atoms with Crippen LogP contribution in [0.1, 0.15) is 47.5 Å². The lowest BCUT2D eigenvalue weighted by atomic mass is 9.73. The molecular formula is C16H35N3. The van der Waals surface area contributed by atoms with Gasteiger partial charge in [-0.05, 0) is 32.5 Å². The Bertz CT molecular complexity index is 222. The lowest BCUT2D eigenvalue weighted by Gasteiger charge is -2.59. The zero-order chi connectivity index (χ0) is 14.3. The van der Waals surface area contributed by atoms with Crippen LogP contribution in [0.25, 0.3) is 0 Å². The van der Waals surface area contributed by atoms with Crippen molar-refractivity contribution in [3.63, 3.8) is 0 Å². The molecule has 3 aliphatic rings. The van der Waals surface area contributed by atoms with Crippen LogP contribution in [0, 0.1) is 5.41 Å². The number of nitrogens with zero attached hydrogens (tertiary/aromatic N) is 2. The highest BCUT2D eigenvalue weighted by Gasteiger charge is 2.49. The second kappa shape index (κ2) is 8.23. The van der Waals surface area contributed by atoms with Gasteiger partial charge in [-0.2, -0.15) is 0 Å². The van der Waals surface area contributed by atoms with Crippen LogP contribution in [-0.2, 0) is 0 Å². The van der Waals surface area contributed by atoms with Crippen LogP contribution in [0.15, 0.2) is 0 Å². The molecule has 3 rings (SSSR count). The summed E-state index contributed by atoms with van der Waals surface area (Å²) in [6.45, 7) is 19.5. The Balaban J connectivity index is 0.000000415. The molecule has 3 heterocycles. The van der Waals surface area contributed by atoms with Gasteiger partial charge in [0.1, 0.15) is 0 Å². The molecule has 0 bridgehead atoms. The molecule has 114 valence electrons. The molecule has 3 nitrogen and oxygen atoms in total. The Morgan fingerprint density at radius 3 is 1.89 bits per heavy atom. The van der Waals surface area contributed by atoms with E-state index in [1.165, 1.54) is 58.7 Å². The van der Waals surface area contributed by atoms with Crippen LogP contribution < -0.4 is 5.32 Å². The van der Waals surface area contributed by atoms with Gasteiger partial charge in [-0.15, -0.1) is 0 Å². The molecule has 0 aromatic carbocycles. The van der Waals surface area contributed by atoms with Crippen molar-refractivity contribution in [3.05, 3.63) is 0 Å². The van der Waals surface area contributed by atoms with Crippen LogP contribution in [0.4, 0.5) is 0 Å². The molecule has 0 aliphatic carbocycles. The van der Waals surface area contributed by atoms with Gasteiger partial charge in [-0.25, -0.2) is 0 Å². The molecule has 1 spiro atoms. The van der Waals surface area contributed by atoms with E-state index in [-0.39, 0.29) is 0 Å². The number of likely N-dealkylation sites (tertiary alicyclic amines) is 2. The van der Waals surface area contributed by atoms with E-state index in [1.807, 2.05) is 27.7 Å². The van der Waals surface area contributed by atoms with Gasteiger partial charge in [-0.1, -0.05) is 34.6 Å². The smallest absolute Gasteiger partial charge is 0.0207 e. The van der Waals surface area contributed by atoms with E-state index in [1.54, 1.807) is 0 Å². The molecule has 3 heteroatoms. The van der Waals surface area contributed by atoms with Gasteiger partial charge in [0.15, 0.2) is 0 Å². The van der Waals surface area contributed by atoms with Gasteiger partial charge < -0.3 is 10.2 Å². The standard InChI is InChI=1S/C12H23N3.2C2H6/c1-2-14-5-3-11(4-6-14)15-9-12(10-15)7-13-8-12;2*1-2/h11,13H,2-10H2,1H3;2*1-2H3. The van der Waals surface area contributed by atoms with Crippen molar-refractivity contribution in [2.75, 3.05) is 45.8 Å². The first-order valence-electron chi connectivity index (χ1n) is 8.48. The number of rotatable bonds is 2. The summed E-state index contributed by atoms with van der Waals surface area (Å²) in [5.41, 5.74) is 0.710. The third-order valence-electron chi connectivity index (χ3n) is 4.60. The van der Waals surface area contributed by atoms with E-state index in [0.717, 1.165) is 6.04 Å². The summed E-state index contributed by atoms with van der Waals surface area (Å²) in [6, 6.07) is 0.902. The van der Waals surface area contributed by atoms with Gasteiger partial charge >= 0.3 is 0 Å². The quantitative estimate of drug-likeness (QED) is 0.830. The molecule has 0 unspecified atom stereocenters. The van der Waals surface area contributed by atoms with Crippen molar-refractivity contribution in [1.29, 1.82) is 0 Å². The van der Waals surface area contributed by atoms with Gasteiger partial charge in [0, 0.05) is 37.6 Å². The van der Waals surface area contributed by atoms with Crippen LogP contribution in [-0.4, -0.2) is 61.7 Å². The first kappa shape index (κ1) is 16.9. The molecule has 0 aromatic heterocycles. The highest BCUT2D eigenvalue weighted by atomic mass is 15.3. The van der Waals surface area contributed by atoms with Gasteiger partial charge in [0.05, 0.1) is 0 Å². The summed E-state index contributed by atoms with van der Waals surface area (Å²) < 4.78 is 0. The SMILES string of the molecule is CC.CC.CCN1CCC(N2CC3(CNC3)C2)CC1. The maximum absolute atomic E-state index is 3.41. The van der Waals surface area contributed by atoms with Gasteiger partial charge in [-0.3, -0.25) is 4.90 Å². The van der Waals surface area contributed by atoms with Crippen LogP contribution in [0.5, 0.6) is 0 Å². The molecule has 0 amide bonds. The van der Waals surface area contributed by atoms with Crippen LogP contribution in [0.2, 0.25) is 0 Å². The van der Waals surface area contributed by atoms with Crippen molar-refractivity contribution in [1.82, 2.24) is 15.1 Å². The monoisotopic (exact) mass is 269 g/mol. The van der Waals surface area contributed by atoms with E-state index in [4.69, 9.17) is 0 Å². The third-order valence-corrected chi connectivity index (χ3v) is 4.60. The Hall–Kier alpha value is -0.120. The lowest BCUT2D eigenvalue weighted by Crippen LogP contribution is -2.73. The molecule has 0 atom stereocenters. The topological polar surface area (TPSA) is 18.5 Å². The predicted molar refractivity (Wildman–Crippen MR) is 84.7 cm³/mol. The largest absolute Gasteiger partial charge is 0.315 e. The molecule has 3 fully saturated rings. The van der Waals surface area contributed by atoms with E-state index >= 15 is 0 Å². The molecule has 19 heavy (non-hydrogen) atoms. The minimum absolute atomic E-state index is 0.710. The highest BCUT2D eigenvalue weighted by molar-refractivity contribution is 5.05. The average Bonchev–Trinajstić information content (AvgIpc) is 2.41. The van der Waals surface area contributed by atoms with E-state index in [9.17, 15) is 0 Å². The zero-order valence-electron chi connectivity index (χ0n) is 13.8. The fraction of sp³-hybridized carbons (Fsp3) is 1.00. The number of nitrogens with one attached hydrogen (secondary N) is 1. The third kappa shape index (κ3) is 3.93. The predicted octanol–water partition coefficient (Wildman–Crippen LogP) is 2.43. The summed E-state index contributed by atoms with van der Waals surface area (Å²) in [7, 11) is 0. The molecule has 0 radical (unpaired) electrons. The second-order valence-corrected chi connectivity index (χ2v) is 5.67. The maximum Gasteiger partial charge on any atom is 0.0207 e. The van der Waals surface area contributed by atoms with Crippen molar-refractivity contribution in [3.8, 4) is 0 Å². The van der Waals surface area contributed by atoms with Crippen molar-refractivity contribution < 1.29 is 0 Å². The highest BCUT2D eigenvalue weighted by Crippen LogP contribution is 2.37.